The molecular weight excluding hydrogens is 386 g/mol. The summed E-state index contributed by atoms with van der Waals surface area (Å²) in [7, 11) is 0. The number of hydrogen-bond acceptors (Lipinski definition) is 5. The predicted molar refractivity (Wildman–Crippen MR) is 111 cm³/mol. The third kappa shape index (κ3) is 3.42. The van der Waals surface area contributed by atoms with Gasteiger partial charge in [0.1, 0.15) is 11.6 Å². The number of carbonyl (C=O) groups is 3. The van der Waals surface area contributed by atoms with Gasteiger partial charge in [-0.1, -0.05) is 13.8 Å². The third-order valence-corrected chi connectivity index (χ3v) is 7.13. The molecule has 0 aromatic rings. The van der Waals surface area contributed by atoms with Crippen molar-refractivity contribution < 1.29 is 24.2 Å². The molecule has 3 saturated heterocycles. The lowest BCUT2D eigenvalue weighted by Crippen LogP contribution is -2.56. The minimum absolute atomic E-state index is 0.0348. The fourth-order valence-electron chi connectivity index (χ4n) is 5.80. The second-order valence-corrected chi connectivity index (χ2v) is 9.62. The summed E-state index contributed by atoms with van der Waals surface area (Å²) in [5.41, 5.74) is -1.76. The van der Waals surface area contributed by atoms with Crippen molar-refractivity contribution in [1.29, 1.82) is 0 Å². The Bertz CT molecular complexity index is 698. The normalized spacial score (nSPS) is 37.0. The molecule has 3 aliphatic heterocycles. The summed E-state index contributed by atoms with van der Waals surface area (Å²) in [6.45, 7) is 10.7. The monoisotopic (exact) mass is 423 g/mol. The number of amides is 3. The molecule has 3 rings (SSSR count). The summed E-state index contributed by atoms with van der Waals surface area (Å²) in [4.78, 5) is 41.7. The fourth-order valence-corrected chi connectivity index (χ4v) is 5.80. The Labute approximate surface area is 179 Å². The van der Waals surface area contributed by atoms with Gasteiger partial charge in [-0.25, -0.2) is 0 Å². The van der Waals surface area contributed by atoms with Crippen LogP contribution in [0.1, 0.15) is 60.3 Å². The van der Waals surface area contributed by atoms with Gasteiger partial charge in [-0.2, -0.15) is 0 Å². The van der Waals surface area contributed by atoms with E-state index in [1.807, 2.05) is 34.6 Å². The van der Waals surface area contributed by atoms with Crippen LogP contribution in [0.2, 0.25) is 0 Å². The summed E-state index contributed by atoms with van der Waals surface area (Å²) in [6, 6.07) is -0.832. The van der Waals surface area contributed by atoms with Crippen LogP contribution in [0.15, 0.2) is 0 Å². The number of fused-ring (bicyclic) bond motifs is 1. The van der Waals surface area contributed by atoms with Crippen LogP contribution in [-0.4, -0.2) is 70.7 Å². The molecule has 0 aromatic heterocycles. The summed E-state index contributed by atoms with van der Waals surface area (Å²) in [5.74, 6) is -1.79. The van der Waals surface area contributed by atoms with Crippen LogP contribution in [0.3, 0.4) is 0 Å². The number of aliphatic hydroxyl groups is 1. The van der Waals surface area contributed by atoms with Crippen LogP contribution in [0.5, 0.6) is 0 Å². The third-order valence-electron chi connectivity index (χ3n) is 7.13. The maximum absolute atomic E-state index is 13.6. The van der Waals surface area contributed by atoms with Crippen LogP contribution >= 0.6 is 0 Å². The van der Waals surface area contributed by atoms with Crippen molar-refractivity contribution in [3.05, 3.63) is 0 Å². The average molecular weight is 424 g/mol. The summed E-state index contributed by atoms with van der Waals surface area (Å²) in [6.07, 6.45) is 2.53. The van der Waals surface area contributed by atoms with Crippen molar-refractivity contribution in [2.45, 2.75) is 83.6 Å². The van der Waals surface area contributed by atoms with E-state index in [2.05, 4.69) is 10.6 Å². The van der Waals surface area contributed by atoms with Gasteiger partial charge in [0, 0.05) is 25.7 Å². The number of carbonyl (C=O) groups excluding carboxylic acids is 3. The molecular formula is C22H37N3O5. The lowest BCUT2D eigenvalue weighted by Gasteiger charge is -2.36. The molecule has 0 aromatic carbocycles. The summed E-state index contributed by atoms with van der Waals surface area (Å²) >= 11 is 0. The van der Waals surface area contributed by atoms with E-state index in [-0.39, 0.29) is 36.3 Å². The number of nitrogens with one attached hydrogen (secondary N) is 2. The number of rotatable bonds is 9. The molecule has 3 N–H and O–H groups in total. The van der Waals surface area contributed by atoms with E-state index in [9.17, 15) is 19.5 Å². The minimum Gasteiger partial charge on any atom is -0.396 e. The number of unbranched alkanes of at least 4 members (excludes halogenated alkanes) is 1. The van der Waals surface area contributed by atoms with Gasteiger partial charge in [-0.05, 0) is 52.4 Å². The topological polar surface area (TPSA) is 108 Å². The van der Waals surface area contributed by atoms with Crippen LogP contribution in [0.25, 0.3) is 0 Å². The maximum Gasteiger partial charge on any atom is 0.246 e. The highest BCUT2D eigenvalue weighted by Crippen LogP contribution is 2.65. The van der Waals surface area contributed by atoms with Crippen molar-refractivity contribution >= 4 is 17.7 Å². The van der Waals surface area contributed by atoms with Gasteiger partial charge in [0.15, 0.2) is 0 Å². The van der Waals surface area contributed by atoms with E-state index < -0.39 is 29.1 Å². The van der Waals surface area contributed by atoms with Crippen LogP contribution in [-0.2, 0) is 19.1 Å². The standard InChI is InChI=1S/C22H37N3O5/c1-6-9-23-18(27)15-16-20(29)25(10-7-8-11-26)17(19(28)24-13(2)3)22(16)12-14(4)21(15,5)30-22/h13-17,26H,6-12H2,1-5H3,(H,23,27)(H,24,28)/t14?,15-,16+,17?,21+,22?/m1/s1. The van der Waals surface area contributed by atoms with Crippen molar-refractivity contribution in [1.82, 2.24) is 15.5 Å². The lowest BCUT2D eigenvalue weighted by atomic mass is 9.62. The van der Waals surface area contributed by atoms with Crippen molar-refractivity contribution in [2.75, 3.05) is 19.7 Å². The molecule has 3 amide bonds. The number of likely N-dealkylation sites (tertiary alicyclic amines) is 1. The smallest absolute Gasteiger partial charge is 0.246 e. The summed E-state index contributed by atoms with van der Waals surface area (Å²) < 4.78 is 6.59. The van der Waals surface area contributed by atoms with E-state index in [1.54, 1.807) is 4.90 Å². The minimum atomic E-state index is -0.988. The second-order valence-electron chi connectivity index (χ2n) is 9.62. The van der Waals surface area contributed by atoms with E-state index in [4.69, 9.17) is 4.74 Å². The first-order valence-electron chi connectivity index (χ1n) is 11.3. The van der Waals surface area contributed by atoms with Gasteiger partial charge in [0.25, 0.3) is 0 Å². The Morgan fingerprint density at radius 3 is 2.60 bits per heavy atom. The molecule has 1 spiro atoms. The molecule has 8 nitrogen and oxygen atoms in total. The molecule has 3 unspecified atom stereocenters. The Morgan fingerprint density at radius 2 is 2.00 bits per heavy atom. The zero-order valence-corrected chi connectivity index (χ0v) is 18.9. The first-order chi connectivity index (χ1) is 14.1. The van der Waals surface area contributed by atoms with Crippen molar-refractivity contribution in [3.8, 4) is 0 Å². The zero-order chi connectivity index (χ0) is 22.3. The van der Waals surface area contributed by atoms with Crippen molar-refractivity contribution in [2.24, 2.45) is 17.8 Å². The first kappa shape index (κ1) is 23.0. The van der Waals surface area contributed by atoms with Crippen molar-refractivity contribution in [3.63, 3.8) is 0 Å². The Balaban J connectivity index is 2.01. The largest absolute Gasteiger partial charge is 0.396 e. The zero-order valence-electron chi connectivity index (χ0n) is 18.9. The van der Waals surface area contributed by atoms with Crippen LogP contribution < -0.4 is 10.6 Å². The molecule has 30 heavy (non-hydrogen) atoms. The molecule has 3 heterocycles. The van der Waals surface area contributed by atoms with E-state index in [1.165, 1.54) is 0 Å². The molecule has 0 radical (unpaired) electrons. The average Bonchev–Trinajstić information content (AvgIpc) is 3.17. The molecule has 2 bridgehead atoms. The number of nitrogens with zero attached hydrogens (tertiary/aromatic N) is 1. The van der Waals surface area contributed by atoms with Crippen LogP contribution in [0, 0.1) is 17.8 Å². The molecule has 170 valence electrons. The van der Waals surface area contributed by atoms with Gasteiger partial charge in [0.05, 0.1) is 17.4 Å². The van der Waals surface area contributed by atoms with E-state index in [0.29, 0.717) is 32.4 Å². The summed E-state index contributed by atoms with van der Waals surface area (Å²) in [5, 5.41) is 15.1. The van der Waals surface area contributed by atoms with Gasteiger partial charge in [-0.15, -0.1) is 0 Å². The predicted octanol–water partition coefficient (Wildman–Crippen LogP) is 0.820. The van der Waals surface area contributed by atoms with E-state index >= 15 is 0 Å². The highest BCUT2D eigenvalue weighted by molar-refractivity contribution is 5.99. The van der Waals surface area contributed by atoms with Gasteiger partial charge in [0.2, 0.25) is 17.7 Å². The molecule has 6 atom stereocenters. The van der Waals surface area contributed by atoms with Gasteiger partial charge >= 0.3 is 0 Å². The SMILES string of the molecule is CCCNC(=O)[C@H]1[C@H]2C(=O)N(CCCCO)C(C(=O)NC(C)C)C23CC(C)[C@]1(C)O3. The molecule has 3 fully saturated rings. The maximum atomic E-state index is 13.6. The number of hydrogen-bond donors (Lipinski definition) is 3. The molecule has 8 heteroatoms. The second kappa shape index (κ2) is 8.46. The Kier molecular flexibility index (Phi) is 6.49. The molecule has 3 aliphatic rings. The Hall–Kier alpha value is -1.67. The van der Waals surface area contributed by atoms with Gasteiger partial charge < -0.3 is 25.4 Å². The van der Waals surface area contributed by atoms with E-state index in [0.717, 1.165) is 6.42 Å². The first-order valence-corrected chi connectivity index (χ1v) is 11.3. The Morgan fingerprint density at radius 1 is 1.30 bits per heavy atom. The fraction of sp³-hybridized carbons (Fsp3) is 0.864. The lowest BCUT2D eigenvalue weighted by molar-refractivity contribution is -0.147. The number of aliphatic hydroxyl groups excluding tert-OH is 1. The molecule has 0 aliphatic carbocycles. The molecule has 0 saturated carbocycles. The number of ether oxygens (including phenoxy) is 1. The highest BCUT2D eigenvalue weighted by atomic mass is 16.5. The highest BCUT2D eigenvalue weighted by Gasteiger charge is 2.79. The van der Waals surface area contributed by atoms with Crippen LogP contribution in [0.4, 0.5) is 0 Å². The van der Waals surface area contributed by atoms with Gasteiger partial charge in [-0.3, -0.25) is 14.4 Å². The quantitative estimate of drug-likeness (QED) is 0.476.